The molecule has 1 aromatic heterocycles. The van der Waals surface area contributed by atoms with Crippen molar-refractivity contribution in [3.05, 3.63) is 101 Å². The van der Waals surface area contributed by atoms with Crippen LogP contribution >= 0.6 is 0 Å². The summed E-state index contributed by atoms with van der Waals surface area (Å²) in [6.45, 7) is 8.09. The number of pyridine rings is 1. The zero-order valence-corrected chi connectivity index (χ0v) is 21.0. The number of hydrogen-bond donors (Lipinski definition) is 0. The average Bonchev–Trinajstić information content (AvgIpc) is 2.89. The van der Waals surface area contributed by atoms with Crippen molar-refractivity contribution in [1.29, 1.82) is 0 Å². The Morgan fingerprint density at radius 1 is 0.943 bits per heavy atom. The van der Waals surface area contributed by atoms with Gasteiger partial charge in [0.15, 0.2) is 0 Å². The highest BCUT2D eigenvalue weighted by atomic mass is 16.2. The summed E-state index contributed by atoms with van der Waals surface area (Å²) in [5.74, 6) is 1.24. The fraction of sp³-hybridized carbons (Fsp3) is 0.312. The number of aromatic nitrogens is 1. The number of amides is 1. The van der Waals surface area contributed by atoms with Gasteiger partial charge in [-0.3, -0.25) is 4.79 Å². The summed E-state index contributed by atoms with van der Waals surface area (Å²) in [7, 11) is 0. The maximum atomic E-state index is 13.8. The smallest absolute Gasteiger partial charge is 0.254 e. The molecule has 1 saturated heterocycles. The highest BCUT2D eigenvalue weighted by Crippen LogP contribution is 2.29. The Labute approximate surface area is 208 Å². The number of hydrogen-bond acceptors (Lipinski definition) is 2. The molecule has 1 fully saturated rings. The minimum atomic E-state index is 0.126. The quantitative estimate of drug-likeness (QED) is 0.309. The summed E-state index contributed by atoms with van der Waals surface area (Å²) in [6, 6.07) is 27.5. The van der Waals surface area contributed by atoms with Crippen molar-refractivity contribution >= 4 is 16.8 Å². The van der Waals surface area contributed by atoms with Crippen LogP contribution in [0.1, 0.15) is 59.7 Å². The Bertz CT molecular complexity index is 1320. The Balaban J connectivity index is 1.41. The number of piperidine rings is 1. The lowest BCUT2D eigenvalue weighted by Crippen LogP contribution is -2.39. The monoisotopic (exact) mass is 462 g/mol. The van der Waals surface area contributed by atoms with Crippen LogP contribution < -0.4 is 0 Å². The zero-order chi connectivity index (χ0) is 24.4. The summed E-state index contributed by atoms with van der Waals surface area (Å²) in [5, 5.41) is 0.948. The van der Waals surface area contributed by atoms with Gasteiger partial charge >= 0.3 is 0 Å². The first-order valence-corrected chi connectivity index (χ1v) is 12.8. The normalized spacial score (nSPS) is 14.6. The molecule has 0 bridgehead atoms. The van der Waals surface area contributed by atoms with Gasteiger partial charge in [-0.25, -0.2) is 4.98 Å². The van der Waals surface area contributed by atoms with E-state index in [4.69, 9.17) is 4.98 Å². The van der Waals surface area contributed by atoms with E-state index in [-0.39, 0.29) is 5.91 Å². The summed E-state index contributed by atoms with van der Waals surface area (Å²) in [6.07, 6.45) is 3.19. The van der Waals surface area contributed by atoms with E-state index in [1.165, 1.54) is 11.1 Å². The van der Waals surface area contributed by atoms with Gasteiger partial charge in [0.1, 0.15) is 0 Å². The minimum absolute atomic E-state index is 0.126. The lowest BCUT2D eigenvalue weighted by atomic mass is 9.90. The van der Waals surface area contributed by atoms with Crippen molar-refractivity contribution in [2.45, 2.75) is 46.0 Å². The molecule has 35 heavy (non-hydrogen) atoms. The zero-order valence-electron chi connectivity index (χ0n) is 21.0. The van der Waals surface area contributed by atoms with E-state index < -0.39 is 0 Å². The van der Waals surface area contributed by atoms with E-state index in [1.807, 2.05) is 17.0 Å². The number of nitrogens with zero attached hydrogens (tertiary/aromatic N) is 2. The van der Waals surface area contributed by atoms with Gasteiger partial charge in [0.05, 0.1) is 16.8 Å². The van der Waals surface area contributed by atoms with Crippen molar-refractivity contribution in [2.75, 3.05) is 13.1 Å². The molecule has 1 amide bonds. The fourth-order valence-corrected chi connectivity index (χ4v) is 5.16. The fourth-order valence-electron chi connectivity index (χ4n) is 5.16. The summed E-state index contributed by atoms with van der Waals surface area (Å²) in [4.78, 5) is 20.8. The Hall–Kier alpha value is -3.46. The number of carbonyl (C=O) groups is 1. The second kappa shape index (κ2) is 10.0. The Morgan fingerprint density at radius 3 is 2.34 bits per heavy atom. The predicted molar refractivity (Wildman–Crippen MR) is 145 cm³/mol. The van der Waals surface area contributed by atoms with Crippen LogP contribution in [-0.4, -0.2) is 28.9 Å². The summed E-state index contributed by atoms with van der Waals surface area (Å²) in [5.41, 5.74) is 7.39. The van der Waals surface area contributed by atoms with Crippen LogP contribution in [0.5, 0.6) is 0 Å². The van der Waals surface area contributed by atoms with Crippen molar-refractivity contribution < 1.29 is 4.79 Å². The highest BCUT2D eigenvalue weighted by Gasteiger charge is 2.25. The van der Waals surface area contributed by atoms with Crippen LogP contribution in [-0.2, 0) is 6.42 Å². The van der Waals surface area contributed by atoms with Gasteiger partial charge in [-0.1, -0.05) is 80.1 Å². The Kier molecular flexibility index (Phi) is 6.68. The summed E-state index contributed by atoms with van der Waals surface area (Å²) < 4.78 is 0. The number of likely N-dealkylation sites (tertiary alicyclic amines) is 1. The third-order valence-corrected chi connectivity index (χ3v) is 7.34. The Morgan fingerprint density at radius 2 is 1.66 bits per heavy atom. The van der Waals surface area contributed by atoms with Crippen LogP contribution in [0.15, 0.2) is 78.9 Å². The topological polar surface area (TPSA) is 33.2 Å². The molecule has 0 radical (unpaired) electrons. The second-order valence-electron chi connectivity index (χ2n) is 10.3. The molecule has 2 heterocycles. The molecule has 1 aliphatic rings. The van der Waals surface area contributed by atoms with Crippen LogP contribution in [0, 0.1) is 12.8 Å². The molecule has 1 aliphatic heterocycles. The molecule has 0 N–H and O–H groups in total. The third kappa shape index (κ3) is 5.14. The number of carbonyl (C=O) groups excluding carboxylic acids is 1. The van der Waals surface area contributed by atoms with Gasteiger partial charge in [-0.15, -0.1) is 0 Å². The van der Waals surface area contributed by atoms with Gasteiger partial charge in [0, 0.05) is 24.0 Å². The van der Waals surface area contributed by atoms with E-state index >= 15 is 0 Å². The van der Waals surface area contributed by atoms with E-state index in [9.17, 15) is 4.79 Å². The van der Waals surface area contributed by atoms with E-state index in [0.717, 1.165) is 65.6 Å². The first kappa shape index (κ1) is 23.3. The van der Waals surface area contributed by atoms with Gasteiger partial charge in [0.25, 0.3) is 5.91 Å². The molecule has 3 aromatic carbocycles. The van der Waals surface area contributed by atoms with Crippen molar-refractivity contribution in [3.8, 4) is 11.3 Å². The molecule has 178 valence electrons. The van der Waals surface area contributed by atoms with Crippen molar-refractivity contribution in [3.63, 3.8) is 0 Å². The van der Waals surface area contributed by atoms with Gasteiger partial charge in [0.2, 0.25) is 0 Å². The number of rotatable bonds is 5. The van der Waals surface area contributed by atoms with E-state index in [0.29, 0.717) is 11.8 Å². The van der Waals surface area contributed by atoms with Gasteiger partial charge < -0.3 is 4.90 Å². The maximum absolute atomic E-state index is 13.8. The third-order valence-electron chi connectivity index (χ3n) is 7.34. The molecule has 3 heteroatoms. The molecule has 0 unspecified atom stereocenters. The van der Waals surface area contributed by atoms with Gasteiger partial charge in [-0.2, -0.15) is 0 Å². The molecule has 0 atom stereocenters. The molecular formula is C32H34N2O. The highest BCUT2D eigenvalue weighted by molar-refractivity contribution is 6.07. The first-order valence-electron chi connectivity index (χ1n) is 12.8. The van der Waals surface area contributed by atoms with Crippen molar-refractivity contribution in [1.82, 2.24) is 9.88 Å². The van der Waals surface area contributed by atoms with Crippen LogP contribution in [0.25, 0.3) is 22.2 Å². The molecular weight excluding hydrogens is 428 g/mol. The molecule has 4 aromatic rings. The SMILES string of the molecule is Cc1ccc2nc(-c3ccc(C(C)C)cc3)cc(C(=O)N3CCC(Cc4ccccc4)CC3)c2c1. The lowest BCUT2D eigenvalue weighted by molar-refractivity contribution is 0.0692. The lowest BCUT2D eigenvalue weighted by Gasteiger charge is -2.32. The largest absolute Gasteiger partial charge is 0.339 e. The molecule has 0 saturated carbocycles. The second-order valence-corrected chi connectivity index (χ2v) is 10.3. The first-order chi connectivity index (χ1) is 17.0. The van der Waals surface area contributed by atoms with Crippen LogP contribution in [0.3, 0.4) is 0 Å². The standard InChI is InChI=1S/C32H34N2O/c1-22(2)26-10-12-27(13-11-26)31-21-29(28-19-23(3)9-14-30(28)33-31)32(35)34-17-15-25(16-18-34)20-24-7-5-4-6-8-24/h4-14,19,21-22,25H,15-18,20H2,1-3H3. The molecule has 0 aliphatic carbocycles. The van der Waals surface area contributed by atoms with E-state index in [2.05, 4.69) is 87.5 Å². The van der Waals surface area contributed by atoms with E-state index in [1.54, 1.807) is 0 Å². The average molecular weight is 463 g/mol. The number of benzene rings is 3. The van der Waals surface area contributed by atoms with Crippen LogP contribution in [0.2, 0.25) is 0 Å². The maximum Gasteiger partial charge on any atom is 0.254 e. The molecule has 5 rings (SSSR count). The molecule has 0 spiro atoms. The molecule has 3 nitrogen and oxygen atoms in total. The predicted octanol–water partition coefficient (Wildman–Crippen LogP) is 7.43. The van der Waals surface area contributed by atoms with Crippen molar-refractivity contribution in [2.24, 2.45) is 5.92 Å². The minimum Gasteiger partial charge on any atom is -0.339 e. The van der Waals surface area contributed by atoms with Crippen LogP contribution in [0.4, 0.5) is 0 Å². The summed E-state index contributed by atoms with van der Waals surface area (Å²) >= 11 is 0. The number of aryl methyl sites for hydroxylation is 1. The van der Waals surface area contributed by atoms with Gasteiger partial charge in [-0.05, 0) is 67.3 Å². The number of fused-ring (bicyclic) bond motifs is 1.